The van der Waals surface area contributed by atoms with E-state index in [1.54, 1.807) is 19.1 Å². The quantitative estimate of drug-likeness (QED) is 0.158. The number of carboxylic acid groups (broad SMARTS) is 2. The minimum Gasteiger partial charge on any atom is -0.481 e. The minimum absolute atomic E-state index is 0.00549. The van der Waals surface area contributed by atoms with Gasteiger partial charge in [-0.1, -0.05) is 60.7 Å². The smallest absolute Gasteiger partial charge is 0.481 e. The highest BCUT2D eigenvalue weighted by Crippen LogP contribution is 2.50. The van der Waals surface area contributed by atoms with Gasteiger partial charge >= 0.3 is 30.2 Å². The lowest BCUT2D eigenvalue weighted by Crippen LogP contribution is -2.56. The number of methoxy groups -OCH3 is 2. The molecule has 4 aliphatic rings. The molecule has 0 radical (unpaired) electrons. The number of nitrogens with zero attached hydrogens (tertiary/aromatic N) is 6. The van der Waals surface area contributed by atoms with Crippen LogP contribution in [-0.4, -0.2) is 200 Å². The third-order valence-electron chi connectivity index (χ3n) is 14.4. The number of ether oxygens (including phenoxy) is 2. The molecule has 68 heavy (non-hydrogen) atoms. The molecule has 20 heteroatoms. The van der Waals surface area contributed by atoms with Gasteiger partial charge in [0.2, 0.25) is 5.91 Å². The number of carbonyl (C=O) groups is 5. The Labute approximate surface area is 398 Å². The van der Waals surface area contributed by atoms with Crippen LogP contribution in [0, 0.1) is 0 Å². The number of hydrogen-bond donors (Lipinski definition) is 4. The van der Waals surface area contributed by atoms with Gasteiger partial charge in [0.1, 0.15) is 0 Å². The molecular weight excluding hydrogens is 892 g/mol. The fourth-order valence-electron chi connectivity index (χ4n) is 10.5. The molecule has 17 nitrogen and oxygen atoms in total. The molecule has 2 aromatic rings. The number of hydrogen-bond acceptors (Lipinski definition) is 10. The maximum absolute atomic E-state index is 13.3. The Balaban J connectivity index is 0.000000261. The molecule has 0 atom stereocenters. The van der Waals surface area contributed by atoms with Crippen molar-refractivity contribution in [1.82, 2.24) is 34.7 Å². The Morgan fingerprint density at radius 3 is 1.32 bits per heavy atom. The van der Waals surface area contributed by atoms with Gasteiger partial charge in [-0.15, -0.1) is 0 Å². The number of nitrogens with one attached hydrogen (secondary N) is 1. The summed E-state index contributed by atoms with van der Waals surface area (Å²) in [5.41, 5.74) is 2.07. The summed E-state index contributed by atoms with van der Waals surface area (Å²) in [4.78, 5) is 70.4. The lowest BCUT2D eigenvalue weighted by molar-refractivity contribution is -0.192. The van der Waals surface area contributed by atoms with Crippen LogP contribution in [0.5, 0.6) is 0 Å². The van der Waals surface area contributed by atoms with Gasteiger partial charge in [-0.3, -0.25) is 19.4 Å². The first kappa shape index (κ1) is 55.6. The zero-order valence-electron chi connectivity index (χ0n) is 40.4. The topological polar surface area (TPSA) is 196 Å². The molecular formula is C48H72F3N7O10. The summed E-state index contributed by atoms with van der Waals surface area (Å²) in [5, 5.41) is 27.7. The van der Waals surface area contributed by atoms with Crippen molar-refractivity contribution in [2.75, 3.05) is 108 Å². The van der Waals surface area contributed by atoms with Crippen molar-refractivity contribution in [2.24, 2.45) is 0 Å². The molecule has 2 aromatic carbocycles. The second kappa shape index (κ2) is 24.5. The summed E-state index contributed by atoms with van der Waals surface area (Å²) in [6.45, 7) is 4.12. The lowest BCUT2D eigenvalue weighted by atomic mass is 9.68. The fraction of sp³-hybridized carbons (Fsp3) is 0.646. The molecule has 4 N–H and O–H groups in total. The molecule has 2 spiro atoms. The van der Waals surface area contributed by atoms with E-state index in [1.807, 2.05) is 26.8 Å². The highest BCUT2D eigenvalue weighted by atomic mass is 19.4. The highest BCUT2D eigenvalue weighted by Gasteiger charge is 2.56. The number of amides is 5. The standard InChI is InChI=1S/C24H38N4O4.C22H33N3O4.C2HF3O2/c1-26(2)24(20-7-5-4-6-8-20)12-10-23(11-13-24)19-27(15-9-21(30)25-14-17-29)22(31)28(23)16-18-32-3;1-23(2)22(18-7-5-4-6-8-18)12-10-21(11-13-22)17-24(14-9-19(26)27)20(28)25(21)15-16-29-3;3-2(4,5)1(6)7/h4-8,29H,9-19H2,1-3H3,(H,25,30);4-8H,9-17H2,1-3H3,(H,26,27);(H,6,7). The predicted octanol–water partition coefficient (Wildman–Crippen LogP) is 4.89. The minimum atomic E-state index is -5.08. The molecule has 0 unspecified atom stereocenters. The van der Waals surface area contributed by atoms with Gasteiger partial charge in [0.25, 0.3) is 0 Å². The molecule has 2 saturated heterocycles. The highest BCUT2D eigenvalue weighted by molar-refractivity contribution is 5.81. The molecule has 0 aromatic heterocycles. The number of carbonyl (C=O) groups excluding carboxylic acids is 3. The Bertz CT molecular complexity index is 1940. The van der Waals surface area contributed by atoms with E-state index < -0.39 is 18.1 Å². The number of alkyl halides is 3. The molecule has 6 rings (SSSR count). The summed E-state index contributed by atoms with van der Waals surface area (Å²) in [5.74, 6) is -3.77. The Morgan fingerprint density at radius 1 is 0.647 bits per heavy atom. The van der Waals surface area contributed by atoms with Crippen LogP contribution >= 0.6 is 0 Å². The maximum Gasteiger partial charge on any atom is 0.490 e. The Hall–Kier alpha value is -5.02. The molecule has 2 aliphatic carbocycles. The van der Waals surface area contributed by atoms with E-state index in [9.17, 15) is 32.3 Å². The van der Waals surface area contributed by atoms with Crippen molar-refractivity contribution in [3.05, 3.63) is 71.8 Å². The number of halogens is 3. The van der Waals surface area contributed by atoms with Crippen molar-refractivity contribution < 1.29 is 61.9 Å². The lowest BCUT2D eigenvalue weighted by Gasteiger charge is -2.51. The second-order valence-electron chi connectivity index (χ2n) is 18.5. The Kier molecular flexibility index (Phi) is 20.0. The van der Waals surface area contributed by atoms with Crippen LogP contribution in [0.15, 0.2) is 60.7 Å². The number of rotatable bonds is 18. The summed E-state index contributed by atoms with van der Waals surface area (Å²) >= 11 is 0. The predicted molar refractivity (Wildman–Crippen MR) is 248 cm³/mol. The fourth-order valence-corrected chi connectivity index (χ4v) is 10.5. The number of benzene rings is 2. The molecule has 0 bridgehead atoms. The van der Waals surface area contributed by atoms with Crippen molar-refractivity contribution in [3.8, 4) is 0 Å². The molecule has 380 valence electrons. The molecule has 5 amide bonds. The first-order valence-corrected chi connectivity index (χ1v) is 23.1. The van der Waals surface area contributed by atoms with Crippen LogP contribution in [0.2, 0.25) is 0 Å². The number of aliphatic carboxylic acids is 2. The number of aliphatic hydroxyl groups is 1. The van der Waals surface area contributed by atoms with Gasteiger partial charge < -0.3 is 49.7 Å². The van der Waals surface area contributed by atoms with Gasteiger partial charge in [0.15, 0.2) is 0 Å². The summed E-state index contributed by atoms with van der Waals surface area (Å²) in [6.07, 6.45) is 2.55. The maximum atomic E-state index is 13.3. The zero-order valence-corrected chi connectivity index (χ0v) is 40.4. The first-order chi connectivity index (χ1) is 32.2. The molecule has 2 saturated carbocycles. The normalized spacial score (nSPS) is 24.9. The van der Waals surface area contributed by atoms with Crippen molar-refractivity contribution in [1.29, 1.82) is 0 Å². The van der Waals surface area contributed by atoms with E-state index in [2.05, 4.69) is 91.8 Å². The SMILES string of the molecule is COCCN1C(=O)N(CCC(=O)NCCO)CC12CCC(c1ccccc1)(N(C)C)CC2.COCCN1C(=O)N(CCC(=O)O)CC12CCC(c1ccccc1)(N(C)C)CC2.O=C(O)C(F)(F)F. The average Bonchev–Trinajstić information content (AvgIpc) is 3.72. The zero-order chi connectivity index (χ0) is 50.3. The van der Waals surface area contributed by atoms with E-state index in [-0.39, 0.29) is 72.7 Å². The van der Waals surface area contributed by atoms with E-state index in [0.29, 0.717) is 45.9 Å². The van der Waals surface area contributed by atoms with E-state index in [1.165, 1.54) is 11.1 Å². The molecule has 2 heterocycles. The van der Waals surface area contributed by atoms with Crippen molar-refractivity contribution in [3.63, 3.8) is 0 Å². The summed E-state index contributed by atoms with van der Waals surface area (Å²) < 4.78 is 42.3. The van der Waals surface area contributed by atoms with Crippen molar-refractivity contribution in [2.45, 2.75) is 92.5 Å². The van der Waals surface area contributed by atoms with Crippen LogP contribution in [0.1, 0.15) is 75.3 Å². The largest absolute Gasteiger partial charge is 0.490 e. The van der Waals surface area contributed by atoms with Gasteiger partial charge in [0.05, 0.1) is 37.3 Å². The van der Waals surface area contributed by atoms with Gasteiger partial charge in [-0.25, -0.2) is 14.4 Å². The summed E-state index contributed by atoms with van der Waals surface area (Å²) in [7, 11) is 11.8. The first-order valence-electron chi connectivity index (χ1n) is 23.1. The monoisotopic (exact) mass is 964 g/mol. The molecule has 2 aliphatic heterocycles. The number of aliphatic hydroxyl groups excluding tert-OH is 1. The third-order valence-corrected chi connectivity index (χ3v) is 14.4. The van der Waals surface area contributed by atoms with Gasteiger partial charge in [0, 0.05) is 77.5 Å². The van der Waals surface area contributed by atoms with Gasteiger partial charge in [-0.2, -0.15) is 13.2 Å². The van der Waals surface area contributed by atoms with E-state index >= 15 is 0 Å². The number of urea groups is 2. The van der Waals surface area contributed by atoms with Crippen LogP contribution in [-0.2, 0) is 34.9 Å². The average molecular weight is 964 g/mol. The van der Waals surface area contributed by atoms with Crippen LogP contribution in [0.25, 0.3) is 0 Å². The Morgan fingerprint density at radius 2 is 1.01 bits per heavy atom. The van der Waals surface area contributed by atoms with Crippen LogP contribution in [0.4, 0.5) is 22.8 Å². The molecule has 4 fully saturated rings. The van der Waals surface area contributed by atoms with Crippen molar-refractivity contribution >= 4 is 29.9 Å². The summed E-state index contributed by atoms with van der Waals surface area (Å²) in [6, 6.07) is 21.2. The van der Waals surface area contributed by atoms with Crippen LogP contribution < -0.4 is 5.32 Å². The van der Waals surface area contributed by atoms with Crippen LogP contribution in [0.3, 0.4) is 0 Å². The van der Waals surface area contributed by atoms with Gasteiger partial charge in [-0.05, 0) is 90.7 Å². The van der Waals surface area contributed by atoms with E-state index in [0.717, 1.165) is 51.4 Å². The third kappa shape index (κ3) is 13.2. The van der Waals surface area contributed by atoms with E-state index in [4.69, 9.17) is 29.6 Å². The number of carboxylic acids is 2. The second-order valence-corrected chi connectivity index (χ2v) is 18.5.